The SMILES string of the molecule is O=S(=O)(Nc1ccc(C#CCO)c(F)c1)C1CC1. The van der Waals surface area contributed by atoms with Crippen molar-refractivity contribution < 1.29 is 17.9 Å². The van der Waals surface area contributed by atoms with E-state index < -0.39 is 15.8 Å². The van der Waals surface area contributed by atoms with E-state index in [-0.39, 0.29) is 23.1 Å². The number of rotatable bonds is 3. The first-order valence-electron chi connectivity index (χ1n) is 5.44. The number of hydrogen-bond acceptors (Lipinski definition) is 3. The topological polar surface area (TPSA) is 66.4 Å². The van der Waals surface area contributed by atoms with E-state index in [2.05, 4.69) is 16.6 Å². The van der Waals surface area contributed by atoms with E-state index in [0.717, 1.165) is 6.07 Å². The molecule has 0 saturated heterocycles. The van der Waals surface area contributed by atoms with Crippen LogP contribution in [0.3, 0.4) is 0 Å². The third-order valence-electron chi connectivity index (χ3n) is 2.49. The highest BCUT2D eigenvalue weighted by Gasteiger charge is 2.35. The lowest BCUT2D eigenvalue weighted by Crippen LogP contribution is -2.17. The molecule has 4 nitrogen and oxygen atoms in total. The molecule has 0 amide bonds. The van der Waals surface area contributed by atoms with Crippen LogP contribution in [0.4, 0.5) is 10.1 Å². The molecule has 0 spiro atoms. The molecule has 0 aromatic heterocycles. The van der Waals surface area contributed by atoms with E-state index in [1.807, 2.05) is 0 Å². The zero-order chi connectivity index (χ0) is 13.2. The molecule has 6 heteroatoms. The van der Waals surface area contributed by atoms with Crippen molar-refractivity contribution in [1.82, 2.24) is 0 Å². The lowest BCUT2D eigenvalue weighted by atomic mass is 10.2. The highest BCUT2D eigenvalue weighted by molar-refractivity contribution is 7.93. The van der Waals surface area contributed by atoms with E-state index in [1.54, 1.807) is 0 Å². The summed E-state index contributed by atoms with van der Waals surface area (Å²) in [6, 6.07) is 3.91. The Balaban J connectivity index is 2.18. The molecular weight excluding hydrogens is 257 g/mol. The molecule has 1 aromatic carbocycles. The van der Waals surface area contributed by atoms with Crippen LogP contribution in [0.2, 0.25) is 0 Å². The highest BCUT2D eigenvalue weighted by atomic mass is 32.2. The number of nitrogens with one attached hydrogen (secondary N) is 1. The van der Waals surface area contributed by atoms with Crippen LogP contribution in [0.1, 0.15) is 18.4 Å². The molecule has 0 bridgehead atoms. The van der Waals surface area contributed by atoms with E-state index in [1.165, 1.54) is 12.1 Å². The summed E-state index contributed by atoms with van der Waals surface area (Å²) < 4.78 is 39.2. The van der Waals surface area contributed by atoms with Crippen LogP contribution in [-0.4, -0.2) is 25.4 Å². The van der Waals surface area contributed by atoms with Gasteiger partial charge >= 0.3 is 0 Å². The average molecular weight is 269 g/mol. The predicted octanol–water partition coefficient (Wildman–Crippen LogP) is 1.07. The molecule has 0 aliphatic heterocycles. The van der Waals surface area contributed by atoms with Crippen molar-refractivity contribution in [2.75, 3.05) is 11.3 Å². The molecule has 0 unspecified atom stereocenters. The Morgan fingerprint density at radius 3 is 2.72 bits per heavy atom. The van der Waals surface area contributed by atoms with Crippen molar-refractivity contribution in [1.29, 1.82) is 0 Å². The Labute approximate surface area is 105 Å². The van der Waals surface area contributed by atoms with Gasteiger partial charge in [0.2, 0.25) is 10.0 Å². The first kappa shape index (κ1) is 12.9. The first-order valence-corrected chi connectivity index (χ1v) is 6.98. The monoisotopic (exact) mass is 269 g/mol. The minimum absolute atomic E-state index is 0.124. The van der Waals surface area contributed by atoms with Crippen molar-refractivity contribution in [2.45, 2.75) is 18.1 Å². The number of aliphatic hydroxyl groups is 1. The van der Waals surface area contributed by atoms with E-state index >= 15 is 0 Å². The van der Waals surface area contributed by atoms with Gasteiger partial charge in [-0.25, -0.2) is 12.8 Å². The fourth-order valence-corrected chi connectivity index (χ4v) is 2.82. The average Bonchev–Trinajstić information content (AvgIpc) is 3.11. The van der Waals surface area contributed by atoms with Crippen molar-refractivity contribution >= 4 is 15.7 Å². The van der Waals surface area contributed by atoms with E-state index in [0.29, 0.717) is 12.8 Å². The van der Waals surface area contributed by atoms with Crippen LogP contribution in [0.5, 0.6) is 0 Å². The standard InChI is InChI=1S/C12H12FNO3S/c13-12-8-10(4-3-9(12)2-1-7-15)14-18(16,17)11-5-6-11/h3-4,8,11,14-15H,5-7H2. The number of benzene rings is 1. The Morgan fingerprint density at radius 2 is 2.17 bits per heavy atom. The molecule has 2 rings (SSSR count). The fourth-order valence-electron chi connectivity index (χ4n) is 1.44. The van der Waals surface area contributed by atoms with Gasteiger partial charge < -0.3 is 5.11 Å². The lowest BCUT2D eigenvalue weighted by Gasteiger charge is -2.07. The molecule has 1 aliphatic rings. The Bertz CT molecular complexity index is 612. The number of aliphatic hydroxyl groups excluding tert-OH is 1. The summed E-state index contributed by atoms with van der Waals surface area (Å²) in [5.74, 6) is 4.15. The van der Waals surface area contributed by atoms with Gasteiger partial charge in [-0.3, -0.25) is 4.72 Å². The van der Waals surface area contributed by atoms with Crippen LogP contribution in [0.25, 0.3) is 0 Å². The number of halogens is 1. The fraction of sp³-hybridized carbons (Fsp3) is 0.333. The molecule has 2 N–H and O–H groups in total. The van der Waals surface area contributed by atoms with Crippen molar-refractivity contribution in [3.63, 3.8) is 0 Å². The van der Waals surface area contributed by atoms with Crippen molar-refractivity contribution in [3.05, 3.63) is 29.6 Å². The van der Waals surface area contributed by atoms with Gasteiger partial charge in [-0.1, -0.05) is 11.8 Å². The summed E-state index contributed by atoms with van der Waals surface area (Å²) in [5.41, 5.74) is 0.312. The third kappa shape index (κ3) is 3.00. The van der Waals surface area contributed by atoms with Gasteiger partial charge in [0.05, 0.1) is 16.5 Å². The predicted molar refractivity (Wildman–Crippen MR) is 65.9 cm³/mol. The second-order valence-electron chi connectivity index (χ2n) is 4.00. The van der Waals surface area contributed by atoms with Gasteiger partial charge in [-0.15, -0.1) is 0 Å². The molecule has 0 heterocycles. The Kier molecular flexibility index (Phi) is 3.55. The van der Waals surface area contributed by atoms with Gasteiger partial charge in [-0.2, -0.15) is 0 Å². The maximum atomic E-state index is 13.5. The number of hydrogen-bond donors (Lipinski definition) is 2. The molecule has 18 heavy (non-hydrogen) atoms. The van der Waals surface area contributed by atoms with Crippen molar-refractivity contribution in [3.8, 4) is 11.8 Å². The smallest absolute Gasteiger partial charge is 0.235 e. The van der Waals surface area contributed by atoms with Gasteiger partial charge in [0.25, 0.3) is 0 Å². The zero-order valence-corrected chi connectivity index (χ0v) is 10.3. The summed E-state index contributed by atoms with van der Waals surface area (Å²) in [5, 5.41) is 8.15. The molecule has 0 radical (unpaired) electrons. The van der Waals surface area contributed by atoms with E-state index in [4.69, 9.17) is 5.11 Å². The summed E-state index contributed by atoms with van der Waals surface area (Å²) in [4.78, 5) is 0. The normalized spacial score (nSPS) is 14.8. The summed E-state index contributed by atoms with van der Waals surface area (Å²) >= 11 is 0. The minimum Gasteiger partial charge on any atom is -0.384 e. The summed E-state index contributed by atoms with van der Waals surface area (Å²) in [6.45, 7) is -0.352. The van der Waals surface area contributed by atoms with Gasteiger partial charge in [0.15, 0.2) is 0 Å². The number of sulfonamides is 1. The maximum absolute atomic E-state index is 13.5. The minimum atomic E-state index is -3.38. The highest BCUT2D eigenvalue weighted by Crippen LogP contribution is 2.29. The largest absolute Gasteiger partial charge is 0.384 e. The van der Waals surface area contributed by atoms with Crippen LogP contribution < -0.4 is 4.72 Å². The molecular formula is C12H12FNO3S. The second-order valence-corrected chi connectivity index (χ2v) is 5.96. The van der Waals surface area contributed by atoms with Crippen LogP contribution in [0, 0.1) is 17.7 Å². The Morgan fingerprint density at radius 1 is 1.44 bits per heavy atom. The molecule has 1 saturated carbocycles. The first-order chi connectivity index (χ1) is 8.53. The molecule has 96 valence electrons. The maximum Gasteiger partial charge on any atom is 0.235 e. The summed E-state index contributed by atoms with van der Waals surface area (Å²) in [6.07, 6.45) is 1.30. The summed E-state index contributed by atoms with van der Waals surface area (Å²) in [7, 11) is -3.38. The van der Waals surface area contributed by atoms with Gasteiger partial charge in [0, 0.05) is 0 Å². The van der Waals surface area contributed by atoms with Crippen LogP contribution in [0.15, 0.2) is 18.2 Å². The molecule has 0 atom stereocenters. The zero-order valence-electron chi connectivity index (χ0n) is 9.48. The van der Waals surface area contributed by atoms with Crippen LogP contribution >= 0.6 is 0 Å². The second kappa shape index (κ2) is 4.96. The molecule has 1 aliphatic carbocycles. The lowest BCUT2D eigenvalue weighted by molar-refractivity contribution is 0.350. The quantitative estimate of drug-likeness (QED) is 0.807. The van der Waals surface area contributed by atoms with Crippen molar-refractivity contribution in [2.24, 2.45) is 0 Å². The van der Waals surface area contributed by atoms with Gasteiger partial charge in [0.1, 0.15) is 12.4 Å². The van der Waals surface area contributed by atoms with E-state index in [9.17, 15) is 12.8 Å². The van der Waals surface area contributed by atoms with Crippen LogP contribution in [-0.2, 0) is 10.0 Å². The Hall–Kier alpha value is -1.58. The molecule has 1 fully saturated rings. The molecule has 1 aromatic rings. The third-order valence-corrected chi connectivity index (χ3v) is 4.36. The van der Waals surface area contributed by atoms with Gasteiger partial charge in [-0.05, 0) is 31.0 Å². The number of anilines is 1.